The standard InChI is InChI=1S/C40H71NO8/c1-3-5-7-9-11-13-15-17-19-21-23-25-27-29-34(43)33(32-48-40-39(47)38(46)37(45)35(31-42)49-40)41-36(44)30-28-26-24-22-20-18-16-14-12-10-8-6-4-2/h6,8,12,14,18,20,24,26,33-35,37-40,42-43,45-47H,3-5,7,9-11,13,15-17,19,21-23,25,27-32H2,1-2H3,(H,41,44)/b8-6-,14-12-,20-18-,26-24-. The molecule has 0 bridgehead atoms. The van der Waals surface area contributed by atoms with E-state index in [1.54, 1.807) is 0 Å². The van der Waals surface area contributed by atoms with Gasteiger partial charge in [-0.05, 0) is 38.5 Å². The number of carbonyl (C=O) groups excluding carboxylic acids is 1. The number of aliphatic hydroxyl groups is 5. The summed E-state index contributed by atoms with van der Waals surface area (Å²) in [6.45, 7) is 3.63. The van der Waals surface area contributed by atoms with Crippen molar-refractivity contribution in [3.63, 3.8) is 0 Å². The van der Waals surface area contributed by atoms with Gasteiger partial charge in [0, 0.05) is 6.42 Å². The van der Waals surface area contributed by atoms with Crippen molar-refractivity contribution in [3.05, 3.63) is 48.6 Å². The third kappa shape index (κ3) is 22.6. The lowest BCUT2D eigenvalue weighted by Gasteiger charge is -2.40. The lowest BCUT2D eigenvalue weighted by molar-refractivity contribution is -0.302. The van der Waals surface area contributed by atoms with Crippen molar-refractivity contribution >= 4 is 5.91 Å². The molecule has 0 spiro atoms. The van der Waals surface area contributed by atoms with E-state index in [2.05, 4.69) is 55.6 Å². The van der Waals surface area contributed by atoms with Crippen LogP contribution in [0.3, 0.4) is 0 Å². The van der Waals surface area contributed by atoms with Gasteiger partial charge in [-0.2, -0.15) is 0 Å². The Labute approximate surface area is 297 Å². The molecule has 49 heavy (non-hydrogen) atoms. The molecule has 1 saturated heterocycles. The monoisotopic (exact) mass is 694 g/mol. The number of carbonyl (C=O) groups is 1. The van der Waals surface area contributed by atoms with E-state index in [1.807, 2.05) is 12.2 Å². The number of hydrogen-bond donors (Lipinski definition) is 6. The Kier molecular flexibility index (Phi) is 28.5. The molecule has 9 heteroatoms. The number of unbranched alkanes of at least 4 members (excludes halogenated alkanes) is 12. The maximum Gasteiger partial charge on any atom is 0.220 e. The van der Waals surface area contributed by atoms with E-state index >= 15 is 0 Å². The van der Waals surface area contributed by atoms with Crippen molar-refractivity contribution in [2.24, 2.45) is 0 Å². The van der Waals surface area contributed by atoms with Crippen LogP contribution in [0.5, 0.6) is 0 Å². The highest BCUT2D eigenvalue weighted by Gasteiger charge is 2.44. The molecule has 7 atom stereocenters. The first-order valence-electron chi connectivity index (χ1n) is 19.3. The van der Waals surface area contributed by atoms with Gasteiger partial charge < -0.3 is 40.3 Å². The predicted octanol–water partition coefficient (Wildman–Crippen LogP) is 6.72. The van der Waals surface area contributed by atoms with Gasteiger partial charge in [-0.3, -0.25) is 4.79 Å². The van der Waals surface area contributed by atoms with Crippen LogP contribution in [0.2, 0.25) is 0 Å². The number of aliphatic hydroxyl groups excluding tert-OH is 5. The van der Waals surface area contributed by atoms with Crippen molar-refractivity contribution in [2.75, 3.05) is 13.2 Å². The highest BCUT2D eigenvalue weighted by atomic mass is 16.7. The molecule has 284 valence electrons. The molecule has 1 rings (SSSR count). The zero-order valence-corrected chi connectivity index (χ0v) is 30.7. The zero-order valence-electron chi connectivity index (χ0n) is 30.7. The number of ether oxygens (including phenoxy) is 2. The van der Waals surface area contributed by atoms with Gasteiger partial charge in [0.25, 0.3) is 0 Å². The van der Waals surface area contributed by atoms with Gasteiger partial charge in [0.1, 0.15) is 24.4 Å². The van der Waals surface area contributed by atoms with E-state index in [0.717, 1.165) is 44.9 Å². The van der Waals surface area contributed by atoms with Crippen molar-refractivity contribution in [1.82, 2.24) is 5.32 Å². The lowest BCUT2D eigenvalue weighted by Crippen LogP contribution is -2.60. The summed E-state index contributed by atoms with van der Waals surface area (Å²) < 4.78 is 11.2. The summed E-state index contributed by atoms with van der Waals surface area (Å²) >= 11 is 0. The molecular weight excluding hydrogens is 622 g/mol. The summed E-state index contributed by atoms with van der Waals surface area (Å²) in [5.74, 6) is -0.228. The normalized spacial score (nSPS) is 23.0. The summed E-state index contributed by atoms with van der Waals surface area (Å²) in [6, 6.07) is -0.755. The second kappa shape index (κ2) is 30.9. The molecule has 1 heterocycles. The zero-order chi connectivity index (χ0) is 36.0. The Morgan fingerprint density at radius 2 is 1.22 bits per heavy atom. The number of amides is 1. The molecule has 0 saturated carbocycles. The van der Waals surface area contributed by atoms with E-state index in [0.29, 0.717) is 12.8 Å². The summed E-state index contributed by atoms with van der Waals surface area (Å²) in [5.41, 5.74) is 0. The van der Waals surface area contributed by atoms with E-state index in [1.165, 1.54) is 64.2 Å². The van der Waals surface area contributed by atoms with Crippen molar-refractivity contribution < 1.29 is 39.8 Å². The first-order valence-corrected chi connectivity index (χ1v) is 19.3. The van der Waals surface area contributed by atoms with Crippen LogP contribution in [0.15, 0.2) is 48.6 Å². The highest BCUT2D eigenvalue weighted by Crippen LogP contribution is 2.23. The topological polar surface area (TPSA) is 149 Å². The first kappa shape index (κ1) is 45.2. The van der Waals surface area contributed by atoms with Crippen LogP contribution in [-0.4, -0.2) is 87.5 Å². The third-order valence-corrected chi connectivity index (χ3v) is 8.96. The molecule has 9 nitrogen and oxygen atoms in total. The molecule has 0 aliphatic carbocycles. The summed E-state index contributed by atoms with van der Waals surface area (Å²) in [6.07, 6.45) is 29.9. The fraction of sp³-hybridized carbons (Fsp3) is 0.775. The van der Waals surface area contributed by atoms with Gasteiger partial charge in [0.2, 0.25) is 5.91 Å². The number of hydrogen-bond acceptors (Lipinski definition) is 8. The molecule has 1 fully saturated rings. The highest BCUT2D eigenvalue weighted by molar-refractivity contribution is 5.76. The van der Waals surface area contributed by atoms with Crippen LogP contribution in [0, 0.1) is 0 Å². The molecule has 0 aromatic rings. The summed E-state index contributed by atoms with van der Waals surface area (Å²) in [4.78, 5) is 12.8. The Hall–Kier alpha value is -1.85. The van der Waals surface area contributed by atoms with Crippen molar-refractivity contribution in [1.29, 1.82) is 0 Å². The Morgan fingerprint density at radius 3 is 1.76 bits per heavy atom. The lowest BCUT2D eigenvalue weighted by atomic mass is 9.99. The van der Waals surface area contributed by atoms with Gasteiger partial charge >= 0.3 is 0 Å². The van der Waals surface area contributed by atoms with Gasteiger partial charge in [-0.25, -0.2) is 0 Å². The Morgan fingerprint density at radius 1 is 0.714 bits per heavy atom. The smallest absolute Gasteiger partial charge is 0.220 e. The van der Waals surface area contributed by atoms with Crippen LogP contribution in [0.4, 0.5) is 0 Å². The second-order valence-electron chi connectivity index (χ2n) is 13.3. The fourth-order valence-electron chi connectivity index (χ4n) is 5.82. The van der Waals surface area contributed by atoms with Gasteiger partial charge in [-0.1, -0.05) is 146 Å². The molecule has 1 aliphatic rings. The molecule has 0 aromatic heterocycles. The van der Waals surface area contributed by atoms with E-state index in [-0.39, 0.29) is 18.9 Å². The Balaban J connectivity index is 2.48. The molecular formula is C40H71NO8. The van der Waals surface area contributed by atoms with Gasteiger partial charge in [0.05, 0.1) is 25.4 Å². The quantitative estimate of drug-likeness (QED) is 0.0359. The van der Waals surface area contributed by atoms with Crippen molar-refractivity contribution in [2.45, 2.75) is 185 Å². The molecule has 0 aromatic carbocycles. The maximum absolute atomic E-state index is 12.8. The van der Waals surface area contributed by atoms with E-state index < -0.39 is 49.5 Å². The largest absolute Gasteiger partial charge is 0.394 e. The van der Waals surface area contributed by atoms with Crippen LogP contribution in [0.25, 0.3) is 0 Å². The molecule has 0 radical (unpaired) electrons. The minimum atomic E-state index is -1.56. The average molecular weight is 694 g/mol. The van der Waals surface area contributed by atoms with Crippen LogP contribution in [0.1, 0.15) is 142 Å². The minimum absolute atomic E-state index is 0.169. The summed E-state index contributed by atoms with van der Waals surface area (Å²) in [7, 11) is 0. The molecule has 1 amide bonds. The minimum Gasteiger partial charge on any atom is -0.394 e. The Bertz CT molecular complexity index is 905. The van der Waals surface area contributed by atoms with E-state index in [4.69, 9.17) is 9.47 Å². The molecule has 6 N–H and O–H groups in total. The fourth-order valence-corrected chi connectivity index (χ4v) is 5.82. The first-order chi connectivity index (χ1) is 23.8. The van der Waals surface area contributed by atoms with Crippen LogP contribution >= 0.6 is 0 Å². The maximum atomic E-state index is 12.8. The van der Waals surface area contributed by atoms with E-state index in [9.17, 15) is 30.3 Å². The number of nitrogens with one attached hydrogen (secondary N) is 1. The van der Waals surface area contributed by atoms with Gasteiger partial charge in [0.15, 0.2) is 6.29 Å². The van der Waals surface area contributed by atoms with Crippen molar-refractivity contribution in [3.8, 4) is 0 Å². The molecule has 1 aliphatic heterocycles. The summed E-state index contributed by atoms with van der Waals surface area (Å²) in [5, 5.41) is 54.0. The predicted molar refractivity (Wildman–Crippen MR) is 198 cm³/mol. The molecule has 7 unspecified atom stereocenters. The SMILES string of the molecule is CC/C=C\C/C=C\C/C=C\C/C=C\CCC(=O)NC(COC1OC(CO)C(O)C(O)C1O)C(O)CCCCCCCCCCCCCCC. The number of rotatable bonds is 30. The van der Waals surface area contributed by atoms with Crippen LogP contribution in [-0.2, 0) is 14.3 Å². The number of allylic oxidation sites excluding steroid dienone is 8. The van der Waals surface area contributed by atoms with Gasteiger partial charge in [-0.15, -0.1) is 0 Å². The van der Waals surface area contributed by atoms with Crippen LogP contribution < -0.4 is 5.32 Å². The second-order valence-corrected chi connectivity index (χ2v) is 13.3. The third-order valence-electron chi connectivity index (χ3n) is 8.96. The average Bonchev–Trinajstić information content (AvgIpc) is 3.10.